The van der Waals surface area contributed by atoms with E-state index in [-0.39, 0.29) is 6.61 Å². The number of nitrogens with one attached hydrogen (secondary N) is 1. The molecule has 2 N–H and O–H groups in total. The molecular formula is C10H10N2O. The molecule has 0 atom stereocenters. The van der Waals surface area contributed by atoms with Crippen molar-refractivity contribution in [3.8, 4) is 0 Å². The van der Waals surface area contributed by atoms with Crippen LogP contribution in [0.25, 0.3) is 17.0 Å². The summed E-state index contributed by atoms with van der Waals surface area (Å²) in [5.74, 6) is 0. The van der Waals surface area contributed by atoms with E-state index < -0.39 is 0 Å². The van der Waals surface area contributed by atoms with Crippen LogP contribution in [0.1, 0.15) is 5.56 Å². The Labute approximate surface area is 75.7 Å². The number of aliphatic hydroxyl groups is 1. The van der Waals surface area contributed by atoms with Crippen LogP contribution in [0, 0.1) is 0 Å². The zero-order valence-corrected chi connectivity index (χ0v) is 7.07. The molecule has 0 aliphatic heterocycles. The lowest BCUT2D eigenvalue weighted by Crippen LogP contribution is -1.77. The largest absolute Gasteiger partial charge is 0.392 e. The van der Waals surface area contributed by atoms with E-state index in [1.165, 1.54) is 0 Å². The van der Waals surface area contributed by atoms with Gasteiger partial charge in [0.15, 0.2) is 0 Å². The predicted molar refractivity (Wildman–Crippen MR) is 52.2 cm³/mol. The molecule has 66 valence electrons. The van der Waals surface area contributed by atoms with Gasteiger partial charge in [0, 0.05) is 5.39 Å². The minimum atomic E-state index is 0.0600. The third-order valence-electron chi connectivity index (χ3n) is 1.91. The number of hydrogen-bond donors (Lipinski definition) is 2. The van der Waals surface area contributed by atoms with Crippen LogP contribution in [0.3, 0.4) is 0 Å². The van der Waals surface area contributed by atoms with Gasteiger partial charge >= 0.3 is 0 Å². The fourth-order valence-electron chi connectivity index (χ4n) is 1.31. The first-order chi connectivity index (χ1) is 6.42. The van der Waals surface area contributed by atoms with Crippen LogP contribution in [0.2, 0.25) is 0 Å². The third kappa shape index (κ3) is 1.46. The summed E-state index contributed by atoms with van der Waals surface area (Å²) in [6.45, 7) is 0.0600. The van der Waals surface area contributed by atoms with Crippen LogP contribution in [-0.2, 0) is 0 Å². The Morgan fingerprint density at radius 2 is 2.38 bits per heavy atom. The van der Waals surface area contributed by atoms with Crippen LogP contribution >= 0.6 is 0 Å². The molecule has 0 bridgehead atoms. The normalized spacial score (nSPS) is 11.5. The maximum absolute atomic E-state index is 8.64. The molecule has 0 saturated carbocycles. The molecule has 2 rings (SSSR count). The van der Waals surface area contributed by atoms with Gasteiger partial charge in [0.25, 0.3) is 0 Å². The second kappa shape index (κ2) is 3.41. The Bertz CT molecular complexity index is 431. The van der Waals surface area contributed by atoms with E-state index in [9.17, 15) is 0 Å². The first-order valence-electron chi connectivity index (χ1n) is 4.11. The lowest BCUT2D eigenvalue weighted by atomic mass is 10.1. The number of H-pyrrole nitrogens is 1. The Hall–Kier alpha value is -1.61. The maximum atomic E-state index is 8.64. The number of aromatic nitrogens is 2. The van der Waals surface area contributed by atoms with E-state index in [0.717, 1.165) is 16.5 Å². The second-order valence-electron chi connectivity index (χ2n) is 2.77. The molecule has 0 unspecified atom stereocenters. The van der Waals surface area contributed by atoms with E-state index in [0.29, 0.717) is 0 Å². The molecule has 0 radical (unpaired) electrons. The fourth-order valence-corrected chi connectivity index (χ4v) is 1.31. The van der Waals surface area contributed by atoms with Crippen molar-refractivity contribution in [2.45, 2.75) is 0 Å². The summed E-state index contributed by atoms with van der Waals surface area (Å²) in [6.07, 6.45) is 5.36. The van der Waals surface area contributed by atoms with Gasteiger partial charge in [0.05, 0.1) is 18.3 Å². The summed E-state index contributed by atoms with van der Waals surface area (Å²) < 4.78 is 0. The number of nitrogens with zero attached hydrogens (tertiary/aromatic N) is 1. The van der Waals surface area contributed by atoms with Gasteiger partial charge in [-0.1, -0.05) is 30.4 Å². The minimum Gasteiger partial charge on any atom is -0.392 e. The van der Waals surface area contributed by atoms with Gasteiger partial charge in [-0.3, -0.25) is 5.10 Å². The molecule has 0 fully saturated rings. The van der Waals surface area contributed by atoms with Gasteiger partial charge in [0.1, 0.15) is 0 Å². The van der Waals surface area contributed by atoms with Crippen molar-refractivity contribution < 1.29 is 5.11 Å². The van der Waals surface area contributed by atoms with Gasteiger partial charge in [0.2, 0.25) is 0 Å². The van der Waals surface area contributed by atoms with Gasteiger partial charge in [-0.25, -0.2) is 0 Å². The van der Waals surface area contributed by atoms with Crippen LogP contribution < -0.4 is 0 Å². The predicted octanol–water partition coefficient (Wildman–Crippen LogP) is 1.57. The molecule has 3 nitrogen and oxygen atoms in total. The summed E-state index contributed by atoms with van der Waals surface area (Å²) in [5, 5.41) is 16.6. The zero-order chi connectivity index (χ0) is 9.10. The Balaban J connectivity index is 2.54. The maximum Gasteiger partial charge on any atom is 0.0722 e. The Morgan fingerprint density at radius 1 is 1.46 bits per heavy atom. The average molecular weight is 174 g/mol. The van der Waals surface area contributed by atoms with Crippen LogP contribution in [0.15, 0.2) is 30.5 Å². The van der Waals surface area contributed by atoms with E-state index >= 15 is 0 Å². The molecule has 3 heteroatoms. The van der Waals surface area contributed by atoms with Crippen molar-refractivity contribution in [3.05, 3.63) is 36.0 Å². The highest BCUT2D eigenvalue weighted by molar-refractivity contribution is 5.86. The molecule has 1 aromatic carbocycles. The number of hydrogen-bond acceptors (Lipinski definition) is 2. The summed E-state index contributed by atoms with van der Waals surface area (Å²) in [4.78, 5) is 0. The fraction of sp³-hybridized carbons (Fsp3) is 0.100. The highest BCUT2D eigenvalue weighted by Gasteiger charge is 1.97. The molecule has 0 amide bonds. The summed E-state index contributed by atoms with van der Waals surface area (Å²) in [5.41, 5.74) is 2.05. The number of fused-ring (bicyclic) bond motifs is 1. The summed E-state index contributed by atoms with van der Waals surface area (Å²) in [6, 6.07) is 5.94. The average Bonchev–Trinajstić information content (AvgIpc) is 2.62. The molecular weight excluding hydrogens is 164 g/mol. The summed E-state index contributed by atoms with van der Waals surface area (Å²) in [7, 11) is 0. The van der Waals surface area contributed by atoms with Gasteiger partial charge in [-0.15, -0.1) is 0 Å². The topological polar surface area (TPSA) is 48.9 Å². The number of aromatic amines is 1. The van der Waals surface area contributed by atoms with E-state index in [4.69, 9.17) is 5.11 Å². The third-order valence-corrected chi connectivity index (χ3v) is 1.91. The lowest BCUT2D eigenvalue weighted by molar-refractivity contribution is 0.343. The van der Waals surface area contributed by atoms with Crippen molar-refractivity contribution in [1.82, 2.24) is 10.2 Å². The molecule has 2 aromatic rings. The van der Waals surface area contributed by atoms with Crippen LogP contribution in [-0.4, -0.2) is 21.9 Å². The molecule has 0 spiro atoms. The van der Waals surface area contributed by atoms with Crippen LogP contribution in [0.4, 0.5) is 0 Å². The van der Waals surface area contributed by atoms with Crippen LogP contribution in [0.5, 0.6) is 0 Å². The quantitative estimate of drug-likeness (QED) is 0.726. The first kappa shape index (κ1) is 8.01. The highest BCUT2D eigenvalue weighted by atomic mass is 16.2. The number of rotatable bonds is 2. The highest BCUT2D eigenvalue weighted by Crippen LogP contribution is 2.16. The Morgan fingerprint density at radius 3 is 3.23 bits per heavy atom. The Kier molecular flexibility index (Phi) is 2.10. The molecule has 0 saturated heterocycles. The summed E-state index contributed by atoms with van der Waals surface area (Å²) >= 11 is 0. The monoisotopic (exact) mass is 174 g/mol. The van der Waals surface area contributed by atoms with E-state index in [1.54, 1.807) is 12.3 Å². The van der Waals surface area contributed by atoms with E-state index in [1.807, 2.05) is 24.3 Å². The van der Waals surface area contributed by atoms with Crippen molar-refractivity contribution in [1.29, 1.82) is 0 Å². The number of benzene rings is 1. The number of aliphatic hydroxyl groups excluding tert-OH is 1. The number of para-hydroxylation sites is 1. The van der Waals surface area contributed by atoms with Crippen molar-refractivity contribution in [2.75, 3.05) is 6.61 Å². The smallest absolute Gasteiger partial charge is 0.0722 e. The molecule has 13 heavy (non-hydrogen) atoms. The van der Waals surface area contributed by atoms with Gasteiger partial charge in [-0.2, -0.15) is 5.10 Å². The minimum absolute atomic E-state index is 0.0600. The van der Waals surface area contributed by atoms with Crippen molar-refractivity contribution >= 4 is 17.0 Å². The lowest BCUT2D eigenvalue weighted by Gasteiger charge is -1.94. The van der Waals surface area contributed by atoms with Gasteiger partial charge < -0.3 is 5.11 Å². The molecule has 0 aliphatic carbocycles. The van der Waals surface area contributed by atoms with Crippen molar-refractivity contribution in [2.24, 2.45) is 0 Å². The SMILES string of the molecule is OCC=Cc1cccc2cn[nH]c12. The van der Waals surface area contributed by atoms with Gasteiger partial charge in [-0.05, 0) is 5.56 Å². The standard InChI is InChI=1S/C10H10N2O/c13-6-2-5-8-3-1-4-9-7-11-12-10(8)9/h1-5,7,13H,6H2,(H,11,12). The van der Waals surface area contributed by atoms with Crippen molar-refractivity contribution in [3.63, 3.8) is 0 Å². The first-order valence-corrected chi connectivity index (χ1v) is 4.11. The van der Waals surface area contributed by atoms with E-state index in [2.05, 4.69) is 10.2 Å². The molecule has 0 aliphatic rings. The molecule has 1 aromatic heterocycles. The molecule has 1 heterocycles. The zero-order valence-electron chi connectivity index (χ0n) is 7.07. The second-order valence-corrected chi connectivity index (χ2v) is 2.77.